The van der Waals surface area contributed by atoms with E-state index < -0.39 is 0 Å². The first-order chi connectivity index (χ1) is 13.0. The first-order valence-electron chi connectivity index (χ1n) is 9.68. The fraction of sp³-hybridized carbons (Fsp3) is 0.619. The average molecular weight is 376 g/mol. The van der Waals surface area contributed by atoms with Crippen molar-refractivity contribution in [3.8, 4) is 5.75 Å². The maximum atomic E-state index is 12.1. The van der Waals surface area contributed by atoms with Gasteiger partial charge in [-0.1, -0.05) is 18.2 Å². The van der Waals surface area contributed by atoms with Gasteiger partial charge in [-0.2, -0.15) is 0 Å². The number of rotatable bonds is 9. The molecule has 2 rings (SSSR count). The third kappa shape index (κ3) is 6.86. The number of amides is 1. The molecule has 0 bridgehead atoms. The van der Waals surface area contributed by atoms with Gasteiger partial charge in [0.25, 0.3) is 0 Å². The number of nitrogens with zero attached hydrogens (tertiary/aromatic N) is 2. The summed E-state index contributed by atoms with van der Waals surface area (Å²) in [5.74, 6) is 1.16. The van der Waals surface area contributed by atoms with Crippen LogP contribution in [0.5, 0.6) is 5.75 Å². The highest BCUT2D eigenvalue weighted by Gasteiger charge is 2.22. The van der Waals surface area contributed by atoms with E-state index >= 15 is 0 Å². The minimum absolute atomic E-state index is 0.0130. The molecule has 0 N–H and O–H groups in total. The lowest BCUT2D eigenvalue weighted by molar-refractivity contribution is -0.143. The first-order valence-corrected chi connectivity index (χ1v) is 9.68. The summed E-state index contributed by atoms with van der Waals surface area (Å²) >= 11 is 0. The fourth-order valence-corrected chi connectivity index (χ4v) is 3.57. The molecule has 0 spiro atoms. The summed E-state index contributed by atoms with van der Waals surface area (Å²) in [4.78, 5) is 27.5. The molecule has 1 amide bonds. The van der Waals surface area contributed by atoms with E-state index in [0.29, 0.717) is 5.92 Å². The Kier molecular flexibility index (Phi) is 8.58. The summed E-state index contributed by atoms with van der Waals surface area (Å²) < 4.78 is 10.0. The van der Waals surface area contributed by atoms with Crippen molar-refractivity contribution in [2.24, 2.45) is 5.92 Å². The number of ether oxygens (including phenoxy) is 2. The fourth-order valence-electron chi connectivity index (χ4n) is 3.57. The Morgan fingerprint density at radius 2 is 1.85 bits per heavy atom. The second-order valence-corrected chi connectivity index (χ2v) is 7.20. The van der Waals surface area contributed by atoms with Gasteiger partial charge in [0.1, 0.15) is 5.75 Å². The van der Waals surface area contributed by atoms with Gasteiger partial charge >= 0.3 is 5.97 Å². The molecule has 1 heterocycles. The summed E-state index contributed by atoms with van der Waals surface area (Å²) in [6.07, 6.45) is 3.56. The molecule has 1 aliphatic heterocycles. The standard InChI is InChI=1S/C21H32N2O4/c1-22(20(24)8-9-21(25)27-3)16-17-10-13-23(14-11-17)15-12-18-6-4-5-7-19(18)26-2/h4-7,17H,8-16H2,1-3H3. The van der Waals surface area contributed by atoms with Crippen LogP contribution in [0, 0.1) is 5.92 Å². The Morgan fingerprint density at radius 1 is 1.15 bits per heavy atom. The lowest BCUT2D eigenvalue weighted by Gasteiger charge is -2.34. The summed E-state index contributed by atoms with van der Waals surface area (Å²) in [5.41, 5.74) is 1.25. The molecule has 6 heteroatoms. The number of para-hydroxylation sites is 1. The Hall–Kier alpha value is -2.08. The quantitative estimate of drug-likeness (QED) is 0.619. The van der Waals surface area contributed by atoms with Gasteiger partial charge in [-0.25, -0.2) is 0 Å². The molecule has 0 aromatic heterocycles. The van der Waals surface area contributed by atoms with E-state index in [9.17, 15) is 9.59 Å². The first kappa shape index (κ1) is 21.2. The van der Waals surface area contributed by atoms with Gasteiger partial charge in [-0.05, 0) is 49.9 Å². The molecular formula is C21H32N2O4. The topological polar surface area (TPSA) is 59.1 Å². The maximum absolute atomic E-state index is 12.1. The average Bonchev–Trinajstić information content (AvgIpc) is 2.71. The van der Waals surface area contributed by atoms with Crippen molar-refractivity contribution in [3.63, 3.8) is 0 Å². The van der Waals surface area contributed by atoms with Gasteiger partial charge in [0.05, 0.1) is 20.6 Å². The van der Waals surface area contributed by atoms with Crippen molar-refractivity contribution < 1.29 is 19.1 Å². The summed E-state index contributed by atoms with van der Waals surface area (Å²) in [7, 11) is 4.89. The Balaban J connectivity index is 1.69. The maximum Gasteiger partial charge on any atom is 0.306 e. The lowest BCUT2D eigenvalue weighted by Crippen LogP contribution is -2.40. The summed E-state index contributed by atoms with van der Waals surface area (Å²) in [6.45, 7) is 3.91. The smallest absolute Gasteiger partial charge is 0.306 e. The van der Waals surface area contributed by atoms with Crippen LogP contribution in [0.3, 0.4) is 0 Å². The van der Waals surface area contributed by atoms with Gasteiger partial charge in [-0.15, -0.1) is 0 Å². The molecule has 1 fully saturated rings. The largest absolute Gasteiger partial charge is 0.496 e. The van der Waals surface area contributed by atoms with E-state index in [4.69, 9.17) is 4.74 Å². The normalized spacial score (nSPS) is 15.4. The highest BCUT2D eigenvalue weighted by atomic mass is 16.5. The number of carbonyl (C=O) groups excluding carboxylic acids is 2. The lowest BCUT2D eigenvalue weighted by atomic mass is 9.95. The molecule has 0 atom stereocenters. The number of carbonyl (C=O) groups is 2. The highest BCUT2D eigenvalue weighted by molar-refractivity contribution is 5.81. The third-order valence-electron chi connectivity index (χ3n) is 5.33. The number of methoxy groups -OCH3 is 2. The molecule has 1 aromatic carbocycles. The van der Waals surface area contributed by atoms with Crippen molar-refractivity contribution in [1.82, 2.24) is 9.80 Å². The van der Waals surface area contributed by atoms with Crippen LogP contribution in [-0.4, -0.2) is 69.1 Å². The molecule has 150 valence electrons. The third-order valence-corrected chi connectivity index (χ3v) is 5.33. The van der Waals surface area contributed by atoms with Crippen molar-refractivity contribution in [2.45, 2.75) is 32.1 Å². The van der Waals surface area contributed by atoms with E-state index in [0.717, 1.165) is 51.2 Å². The van der Waals surface area contributed by atoms with E-state index in [2.05, 4.69) is 21.8 Å². The van der Waals surface area contributed by atoms with Crippen molar-refractivity contribution in [3.05, 3.63) is 29.8 Å². The van der Waals surface area contributed by atoms with Crippen molar-refractivity contribution >= 4 is 11.9 Å². The van der Waals surface area contributed by atoms with Crippen LogP contribution in [-0.2, 0) is 20.7 Å². The summed E-state index contributed by atoms with van der Waals surface area (Å²) in [5, 5.41) is 0. The second-order valence-electron chi connectivity index (χ2n) is 7.20. The molecule has 1 aromatic rings. The van der Waals surface area contributed by atoms with Crippen LogP contribution in [0.2, 0.25) is 0 Å². The molecule has 0 saturated carbocycles. The minimum atomic E-state index is -0.333. The number of piperidine rings is 1. The van der Waals surface area contributed by atoms with Crippen molar-refractivity contribution in [2.75, 3.05) is 47.4 Å². The zero-order chi connectivity index (χ0) is 19.6. The SMILES string of the molecule is COC(=O)CCC(=O)N(C)CC1CCN(CCc2ccccc2OC)CC1. The molecule has 0 aliphatic carbocycles. The molecule has 0 radical (unpaired) electrons. The number of hydrogen-bond acceptors (Lipinski definition) is 5. The molecule has 0 unspecified atom stereocenters. The molecule has 1 aliphatic rings. The van der Waals surface area contributed by atoms with Crippen LogP contribution in [0.15, 0.2) is 24.3 Å². The van der Waals surface area contributed by atoms with Gasteiger partial charge in [-0.3, -0.25) is 9.59 Å². The van der Waals surface area contributed by atoms with Gasteiger partial charge in [0.2, 0.25) is 5.91 Å². The van der Waals surface area contributed by atoms with Crippen LogP contribution in [0.4, 0.5) is 0 Å². The Labute approximate surface area is 162 Å². The molecular weight excluding hydrogens is 344 g/mol. The van der Waals surface area contributed by atoms with Crippen LogP contribution in [0.25, 0.3) is 0 Å². The predicted molar refractivity (Wildman–Crippen MR) is 105 cm³/mol. The number of benzene rings is 1. The van der Waals surface area contributed by atoms with E-state index in [1.165, 1.54) is 12.7 Å². The van der Waals surface area contributed by atoms with Crippen molar-refractivity contribution in [1.29, 1.82) is 0 Å². The summed E-state index contributed by atoms with van der Waals surface area (Å²) in [6, 6.07) is 8.18. The minimum Gasteiger partial charge on any atom is -0.496 e. The Morgan fingerprint density at radius 3 is 2.52 bits per heavy atom. The zero-order valence-corrected chi connectivity index (χ0v) is 16.8. The Bertz CT molecular complexity index is 612. The molecule has 1 saturated heterocycles. The van der Waals surface area contributed by atoms with E-state index in [1.807, 2.05) is 19.2 Å². The molecule has 6 nitrogen and oxygen atoms in total. The van der Waals surface area contributed by atoms with E-state index in [-0.39, 0.29) is 24.7 Å². The van der Waals surface area contributed by atoms with Crippen LogP contribution < -0.4 is 4.74 Å². The van der Waals surface area contributed by atoms with Gasteiger partial charge in [0, 0.05) is 26.6 Å². The van der Waals surface area contributed by atoms with Gasteiger partial charge < -0.3 is 19.3 Å². The van der Waals surface area contributed by atoms with E-state index in [1.54, 1.807) is 12.0 Å². The zero-order valence-electron chi connectivity index (χ0n) is 16.8. The van der Waals surface area contributed by atoms with Crippen LogP contribution >= 0.6 is 0 Å². The number of likely N-dealkylation sites (tertiary alicyclic amines) is 1. The predicted octanol–water partition coefficient (Wildman–Crippen LogP) is 2.36. The second kappa shape index (κ2) is 10.9. The number of esters is 1. The highest BCUT2D eigenvalue weighted by Crippen LogP contribution is 2.21. The van der Waals surface area contributed by atoms with Crippen LogP contribution in [0.1, 0.15) is 31.2 Å². The molecule has 27 heavy (non-hydrogen) atoms. The number of hydrogen-bond donors (Lipinski definition) is 0. The van der Waals surface area contributed by atoms with Gasteiger partial charge in [0.15, 0.2) is 0 Å². The monoisotopic (exact) mass is 376 g/mol.